The van der Waals surface area contributed by atoms with Crippen LogP contribution < -0.4 is 10.6 Å². The Bertz CT molecular complexity index is 869. The number of thiophene rings is 2. The Morgan fingerprint density at radius 1 is 1.19 bits per heavy atom. The molecular formula is C18H28N4O2S3. The van der Waals surface area contributed by atoms with E-state index >= 15 is 0 Å². The SMILES string of the molecule is CCNC(=NCc1ccc(S(=O)(=O)N(C)C)s1)NC(C)Cc1ccc(C)s1. The summed E-state index contributed by atoms with van der Waals surface area (Å²) in [6.45, 7) is 7.48. The van der Waals surface area contributed by atoms with Crippen LogP contribution in [0.15, 0.2) is 33.5 Å². The van der Waals surface area contributed by atoms with E-state index in [1.54, 1.807) is 6.07 Å². The molecule has 2 N–H and O–H groups in total. The van der Waals surface area contributed by atoms with E-state index < -0.39 is 10.0 Å². The van der Waals surface area contributed by atoms with E-state index in [2.05, 4.69) is 41.6 Å². The van der Waals surface area contributed by atoms with E-state index in [1.165, 1.54) is 39.5 Å². The molecule has 150 valence electrons. The number of hydrogen-bond acceptors (Lipinski definition) is 5. The largest absolute Gasteiger partial charge is 0.357 e. The van der Waals surface area contributed by atoms with Gasteiger partial charge in [-0.3, -0.25) is 0 Å². The third-order valence-corrected chi connectivity index (χ3v) is 8.17. The van der Waals surface area contributed by atoms with Crippen molar-refractivity contribution in [2.75, 3.05) is 20.6 Å². The fraction of sp³-hybridized carbons (Fsp3) is 0.500. The van der Waals surface area contributed by atoms with Gasteiger partial charge in [0.15, 0.2) is 5.96 Å². The van der Waals surface area contributed by atoms with E-state index in [1.807, 2.05) is 24.3 Å². The maximum Gasteiger partial charge on any atom is 0.252 e. The number of guanidine groups is 1. The van der Waals surface area contributed by atoms with E-state index in [-0.39, 0.29) is 6.04 Å². The molecule has 0 aromatic carbocycles. The maximum absolute atomic E-state index is 12.2. The molecule has 0 radical (unpaired) electrons. The summed E-state index contributed by atoms with van der Waals surface area (Å²) < 4.78 is 25.9. The highest BCUT2D eigenvalue weighted by atomic mass is 32.2. The van der Waals surface area contributed by atoms with Gasteiger partial charge in [0.1, 0.15) is 4.21 Å². The lowest BCUT2D eigenvalue weighted by Gasteiger charge is -2.17. The Hall–Kier alpha value is -1.42. The molecule has 0 amide bonds. The molecule has 0 spiro atoms. The fourth-order valence-corrected chi connectivity index (χ4v) is 5.89. The van der Waals surface area contributed by atoms with Gasteiger partial charge in [0.2, 0.25) is 0 Å². The van der Waals surface area contributed by atoms with Gasteiger partial charge in [0, 0.05) is 47.7 Å². The molecule has 2 heterocycles. The van der Waals surface area contributed by atoms with Crippen molar-refractivity contribution in [1.29, 1.82) is 0 Å². The summed E-state index contributed by atoms with van der Waals surface area (Å²) in [5.74, 6) is 0.740. The van der Waals surface area contributed by atoms with Crippen LogP contribution in [0, 0.1) is 6.92 Å². The van der Waals surface area contributed by atoms with Crippen LogP contribution in [0.3, 0.4) is 0 Å². The highest BCUT2D eigenvalue weighted by molar-refractivity contribution is 7.91. The first kappa shape index (κ1) is 21.9. The molecule has 0 bridgehead atoms. The second-order valence-electron chi connectivity index (χ2n) is 6.47. The number of nitrogens with one attached hydrogen (secondary N) is 2. The molecular weight excluding hydrogens is 400 g/mol. The minimum absolute atomic E-state index is 0.244. The van der Waals surface area contributed by atoms with Crippen LogP contribution >= 0.6 is 22.7 Å². The van der Waals surface area contributed by atoms with Gasteiger partial charge in [-0.05, 0) is 45.0 Å². The van der Waals surface area contributed by atoms with E-state index in [4.69, 9.17) is 0 Å². The van der Waals surface area contributed by atoms with Crippen molar-refractivity contribution in [2.45, 2.75) is 44.0 Å². The highest BCUT2D eigenvalue weighted by Crippen LogP contribution is 2.24. The van der Waals surface area contributed by atoms with Gasteiger partial charge in [-0.1, -0.05) is 0 Å². The monoisotopic (exact) mass is 428 g/mol. The van der Waals surface area contributed by atoms with E-state index in [0.717, 1.165) is 23.8 Å². The summed E-state index contributed by atoms with van der Waals surface area (Å²) in [7, 11) is -0.307. The first-order chi connectivity index (χ1) is 12.7. The summed E-state index contributed by atoms with van der Waals surface area (Å²) in [5, 5.41) is 6.68. The molecule has 1 unspecified atom stereocenters. The summed E-state index contributed by atoms with van der Waals surface area (Å²) >= 11 is 3.08. The molecule has 1 atom stereocenters. The molecule has 0 fully saturated rings. The quantitative estimate of drug-likeness (QED) is 0.501. The minimum Gasteiger partial charge on any atom is -0.357 e. The second kappa shape index (κ2) is 9.68. The Kier molecular flexibility index (Phi) is 7.84. The van der Waals surface area contributed by atoms with Gasteiger partial charge in [-0.2, -0.15) is 0 Å². The molecule has 0 saturated carbocycles. The Labute approximate surface area is 170 Å². The average molecular weight is 429 g/mol. The van der Waals surface area contributed by atoms with Crippen molar-refractivity contribution in [3.8, 4) is 0 Å². The smallest absolute Gasteiger partial charge is 0.252 e. The third kappa shape index (κ3) is 6.31. The number of aryl methyl sites for hydroxylation is 1. The number of hydrogen-bond donors (Lipinski definition) is 2. The second-order valence-corrected chi connectivity index (χ2v) is 11.4. The molecule has 0 saturated heterocycles. The van der Waals surface area contributed by atoms with E-state index in [0.29, 0.717) is 10.8 Å². The number of sulfonamides is 1. The van der Waals surface area contributed by atoms with Crippen molar-refractivity contribution in [3.63, 3.8) is 0 Å². The summed E-state index contributed by atoms with van der Waals surface area (Å²) in [6.07, 6.45) is 0.938. The zero-order valence-electron chi connectivity index (χ0n) is 16.4. The van der Waals surface area contributed by atoms with Crippen molar-refractivity contribution in [2.24, 2.45) is 4.99 Å². The number of aliphatic imine (C=N–C) groups is 1. The van der Waals surface area contributed by atoms with Gasteiger partial charge in [-0.25, -0.2) is 17.7 Å². The number of rotatable bonds is 8. The van der Waals surface area contributed by atoms with Crippen LogP contribution in [0.4, 0.5) is 0 Å². The molecule has 2 aromatic heterocycles. The lowest BCUT2D eigenvalue weighted by molar-refractivity contribution is 0.523. The van der Waals surface area contributed by atoms with Crippen LogP contribution in [-0.4, -0.2) is 45.4 Å². The molecule has 27 heavy (non-hydrogen) atoms. The first-order valence-corrected chi connectivity index (χ1v) is 11.9. The lowest BCUT2D eigenvalue weighted by atomic mass is 10.2. The lowest BCUT2D eigenvalue weighted by Crippen LogP contribution is -2.43. The molecule has 0 aliphatic rings. The van der Waals surface area contributed by atoms with Crippen molar-refractivity contribution >= 4 is 38.7 Å². The van der Waals surface area contributed by atoms with Crippen molar-refractivity contribution < 1.29 is 8.42 Å². The fourth-order valence-electron chi connectivity index (χ4n) is 2.42. The topological polar surface area (TPSA) is 73.8 Å². The highest BCUT2D eigenvalue weighted by Gasteiger charge is 2.19. The Balaban J connectivity index is 2.01. The zero-order valence-corrected chi connectivity index (χ0v) is 18.9. The summed E-state index contributed by atoms with van der Waals surface area (Å²) in [4.78, 5) is 8.19. The van der Waals surface area contributed by atoms with Gasteiger partial charge >= 0.3 is 0 Å². The van der Waals surface area contributed by atoms with Crippen molar-refractivity contribution in [3.05, 3.63) is 38.9 Å². The molecule has 2 aromatic rings. The van der Waals surface area contributed by atoms with Gasteiger partial charge < -0.3 is 10.6 Å². The molecule has 9 heteroatoms. The molecule has 0 aliphatic heterocycles. The maximum atomic E-state index is 12.2. The average Bonchev–Trinajstić information content (AvgIpc) is 3.22. The Morgan fingerprint density at radius 2 is 1.89 bits per heavy atom. The minimum atomic E-state index is -3.38. The van der Waals surface area contributed by atoms with Crippen LogP contribution in [0.5, 0.6) is 0 Å². The number of nitrogens with zero attached hydrogens (tertiary/aromatic N) is 2. The van der Waals surface area contributed by atoms with Crippen LogP contribution in [0.1, 0.15) is 28.5 Å². The molecule has 6 nitrogen and oxygen atoms in total. The molecule has 0 aliphatic carbocycles. The molecule has 2 rings (SSSR count). The van der Waals surface area contributed by atoms with Crippen LogP contribution in [0.25, 0.3) is 0 Å². The Morgan fingerprint density at radius 3 is 2.48 bits per heavy atom. The van der Waals surface area contributed by atoms with Gasteiger partial charge in [-0.15, -0.1) is 22.7 Å². The summed E-state index contributed by atoms with van der Waals surface area (Å²) in [6, 6.07) is 8.02. The van der Waals surface area contributed by atoms with Crippen LogP contribution in [-0.2, 0) is 23.0 Å². The van der Waals surface area contributed by atoms with Crippen LogP contribution in [0.2, 0.25) is 0 Å². The third-order valence-electron chi connectivity index (χ3n) is 3.80. The predicted molar refractivity (Wildman–Crippen MR) is 115 cm³/mol. The standard InChI is InChI=1S/C18H28N4O2S3/c1-6-19-18(21-13(2)11-15-8-7-14(3)25-15)20-12-16-9-10-17(26-16)27(23,24)22(4)5/h7-10,13H,6,11-12H2,1-5H3,(H2,19,20,21). The van der Waals surface area contributed by atoms with Crippen molar-refractivity contribution in [1.82, 2.24) is 14.9 Å². The first-order valence-electron chi connectivity index (χ1n) is 8.83. The van der Waals surface area contributed by atoms with E-state index in [9.17, 15) is 8.42 Å². The van der Waals surface area contributed by atoms with Gasteiger partial charge in [0.25, 0.3) is 10.0 Å². The zero-order chi connectivity index (χ0) is 20.0. The normalized spacial score (nSPS) is 13.8. The van der Waals surface area contributed by atoms with Gasteiger partial charge in [0.05, 0.1) is 6.54 Å². The predicted octanol–water partition coefficient (Wildman–Crippen LogP) is 3.05. The summed E-state index contributed by atoms with van der Waals surface area (Å²) in [5.41, 5.74) is 0.